The van der Waals surface area contributed by atoms with Crippen LogP contribution in [-0.4, -0.2) is 22.4 Å². The van der Waals surface area contributed by atoms with Crippen LogP contribution in [0.4, 0.5) is 0 Å². The molecule has 4 nitrogen and oxygen atoms in total. The number of hydrogen-bond donors (Lipinski definition) is 2. The molecule has 0 aliphatic carbocycles. The molecule has 2 N–H and O–H groups in total. The van der Waals surface area contributed by atoms with Gasteiger partial charge in [-0.15, -0.1) is 0 Å². The number of amides is 1. The summed E-state index contributed by atoms with van der Waals surface area (Å²) in [5, 5.41) is 4.27. The number of aromatic nitrogens is 2. The molecule has 0 unspecified atom stereocenters. The molecule has 0 bridgehead atoms. The zero-order chi connectivity index (χ0) is 20.8. The zero-order valence-corrected chi connectivity index (χ0v) is 17.3. The van der Waals surface area contributed by atoms with E-state index in [2.05, 4.69) is 52.5 Å². The monoisotopic (exact) mass is 397 g/mol. The Hall–Kier alpha value is -3.40. The van der Waals surface area contributed by atoms with Crippen LogP contribution in [-0.2, 0) is 17.6 Å². The van der Waals surface area contributed by atoms with Crippen molar-refractivity contribution in [3.63, 3.8) is 0 Å². The van der Waals surface area contributed by atoms with Gasteiger partial charge in [-0.1, -0.05) is 48.0 Å². The highest BCUT2D eigenvalue weighted by atomic mass is 16.1. The van der Waals surface area contributed by atoms with Gasteiger partial charge in [0.2, 0.25) is 5.91 Å². The van der Waals surface area contributed by atoms with Crippen molar-refractivity contribution in [3.05, 3.63) is 89.6 Å². The molecule has 2 aromatic carbocycles. The SMILES string of the molecule is Cc1ccc2[nH]c(-c3ccccn3)c(CCCC(=O)NCCc3ccccc3)c2c1. The summed E-state index contributed by atoms with van der Waals surface area (Å²) in [6, 6.07) is 22.6. The van der Waals surface area contributed by atoms with E-state index in [0.717, 1.165) is 36.2 Å². The number of fused-ring (bicyclic) bond motifs is 1. The second kappa shape index (κ2) is 9.40. The summed E-state index contributed by atoms with van der Waals surface area (Å²) in [4.78, 5) is 20.4. The number of benzene rings is 2. The number of nitrogens with one attached hydrogen (secondary N) is 2. The molecular weight excluding hydrogens is 370 g/mol. The van der Waals surface area contributed by atoms with E-state index in [0.29, 0.717) is 13.0 Å². The predicted octanol–water partition coefficient (Wildman–Crippen LogP) is 5.22. The third-order valence-corrected chi connectivity index (χ3v) is 5.39. The maximum Gasteiger partial charge on any atom is 0.220 e. The van der Waals surface area contributed by atoms with Gasteiger partial charge < -0.3 is 10.3 Å². The van der Waals surface area contributed by atoms with E-state index in [1.807, 2.05) is 42.6 Å². The van der Waals surface area contributed by atoms with Gasteiger partial charge in [0.15, 0.2) is 0 Å². The molecule has 4 heteroatoms. The lowest BCUT2D eigenvalue weighted by Crippen LogP contribution is -2.25. The topological polar surface area (TPSA) is 57.8 Å². The van der Waals surface area contributed by atoms with Crippen LogP contribution in [0.5, 0.6) is 0 Å². The van der Waals surface area contributed by atoms with Crippen molar-refractivity contribution >= 4 is 16.8 Å². The molecule has 0 atom stereocenters. The summed E-state index contributed by atoms with van der Waals surface area (Å²) in [6.45, 7) is 2.78. The third-order valence-electron chi connectivity index (χ3n) is 5.39. The fourth-order valence-corrected chi connectivity index (χ4v) is 3.86. The number of carbonyl (C=O) groups excluding carboxylic acids is 1. The fourth-order valence-electron chi connectivity index (χ4n) is 3.86. The van der Waals surface area contributed by atoms with Gasteiger partial charge in [0.25, 0.3) is 0 Å². The van der Waals surface area contributed by atoms with Crippen molar-refractivity contribution in [1.82, 2.24) is 15.3 Å². The minimum Gasteiger partial charge on any atom is -0.356 e. The average molecular weight is 398 g/mol. The van der Waals surface area contributed by atoms with E-state index < -0.39 is 0 Å². The lowest BCUT2D eigenvalue weighted by atomic mass is 10.0. The van der Waals surface area contributed by atoms with Gasteiger partial charge in [0, 0.05) is 30.1 Å². The maximum absolute atomic E-state index is 12.3. The standard InChI is InChI=1S/C26H27N3O/c1-19-13-14-23-22(18-19)21(26(29-23)24-11-5-6-16-27-24)10-7-12-25(30)28-17-15-20-8-3-2-4-9-20/h2-6,8-9,11,13-14,16,18,29H,7,10,12,15,17H2,1H3,(H,28,30). The van der Waals surface area contributed by atoms with E-state index in [9.17, 15) is 4.79 Å². The molecular formula is C26H27N3O. The summed E-state index contributed by atoms with van der Waals surface area (Å²) in [5.74, 6) is 0.112. The Morgan fingerprint density at radius 3 is 2.63 bits per heavy atom. The van der Waals surface area contributed by atoms with Crippen molar-refractivity contribution in [3.8, 4) is 11.4 Å². The quantitative estimate of drug-likeness (QED) is 0.428. The molecule has 0 radical (unpaired) electrons. The fraction of sp³-hybridized carbons (Fsp3) is 0.231. The van der Waals surface area contributed by atoms with Crippen LogP contribution in [0, 0.1) is 6.92 Å². The molecule has 2 heterocycles. The first-order valence-corrected chi connectivity index (χ1v) is 10.5. The van der Waals surface area contributed by atoms with Crippen LogP contribution < -0.4 is 5.32 Å². The first-order valence-electron chi connectivity index (χ1n) is 10.5. The van der Waals surface area contributed by atoms with E-state index in [4.69, 9.17) is 0 Å². The lowest BCUT2D eigenvalue weighted by molar-refractivity contribution is -0.121. The van der Waals surface area contributed by atoms with E-state index in [-0.39, 0.29) is 5.91 Å². The second-order valence-electron chi connectivity index (χ2n) is 7.68. The molecule has 4 rings (SSSR count). The molecule has 0 spiro atoms. The van der Waals surface area contributed by atoms with Crippen molar-refractivity contribution in [1.29, 1.82) is 0 Å². The molecule has 152 valence electrons. The summed E-state index contributed by atoms with van der Waals surface area (Å²) in [6.07, 6.45) is 4.84. The van der Waals surface area contributed by atoms with Crippen LogP contribution in [0.3, 0.4) is 0 Å². The number of pyridine rings is 1. The third kappa shape index (κ3) is 4.77. The molecule has 1 amide bonds. The number of nitrogens with zero attached hydrogens (tertiary/aromatic N) is 1. The van der Waals surface area contributed by atoms with Crippen molar-refractivity contribution in [2.45, 2.75) is 32.6 Å². The number of H-pyrrole nitrogens is 1. The van der Waals surface area contributed by atoms with Crippen LogP contribution in [0.1, 0.15) is 29.5 Å². The lowest BCUT2D eigenvalue weighted by Gasteiger charge is -2.07. The number of aromatic amines is 1. The van der Waals surface area contributed by atoms with Gasteiger partial charge in [-0.25, -0.2) is 0 Å². The van der Waals surface area contributed by atoms with Crippen molar-refractivity contribution in [2.75, 3.05) is 6.54 Å². The molecule has 0 aliphatic rings. The normalized spacial score (nSPS) is 11.0. The van der Waals surface area contributed by atoms with E-state index in [1.165, 1.54) is 22.1 Å². The van der Waals surface area contributed by atoms with Crippen LogP contribution in [0.15, 0.2) is 72.9 Å². The molecule has 30 heavy (non-hydrogen) atoms. The van der Waals surface area contributed by atoms with Crippen molar-refractivity contribution in [2.24, 2.45) is 0 Å². The number of aryl methyl sites for hydroxylation is 2. The number of rotatable bonds is 8. The molecule has 0 saturated heterocycles. The smallest absolute Gasteiger partial charge is 0.220 e. The van der Waals surface area contributed by atoms with Crippen LogP contribution in [0.2, 0.25) is 0 Å². The molecule has 2 aromatic heterocycles. The summed E-state index contributed by atoms with van der Waals surface area (Å²) in [7, 11) is 0. The van der Waals surface area contributed by atoms with Gasteiger partial charge in [-0.3, -0.25) is 9.78 Å². The summed E-state index contributed by atoms with van der Waals surface area (Å²) >= 11 is 0. The minimum atomic E-state index is 0.112. The molecule has 0 fully saturated rings. The Bertz CT molecular complexity index is 1120. The molecule has 4 aromatic rings. The van der Waals surface area contributed by atoms with Crippen molar-refractivity contribution < 1.29 is 4.79 Å². The van der Waals surface area contributed by atoms with E-state index in [1.54, 1.807) is 0 Å². The van der Waals surface area contributed by atoms with Gasteiger partial charge in [0.05, 0.1) is 11.4 Å². The maximum atomic E-state index is 12.3. The van der Waals surface area contributed by atoms with Gasteiger partial charge >= 0.3 is 0 Å². The highest BCUT2D eigenvalue weighted by Crippen LogP contribution is 2.31. The Balaban J connectivity index is 1.40. The zero-order valence-electron chi connectivity index (χ0n) is 17.3. The second-order valence-corrected chi connectivity index (χ2v) is 7.68. The number of hydrogen-bond acceptors (Lipinski definition) is 2. The van der Waals surface area contributed by atoms with Gasteiger partial charge in [-0.2, -0.15) is 0 Å². The largest absolute Gasteiger partial charge is 0.356 e. The van der Waals surface area contributed by atoms with Crippen LogP contribution >= 0.6 is 0 Å². The Labute approximate surface area is 177 Å². The first kappa shape index (κ1) is 19.9. The predicted molar refractivity (Wildman–Crippen MR) is 122 cm³/mol. The highest BCUT2D eigenvalue weighted by Gasteiger charge is 2.14. The van der Waals surface area contributed by atoms with Gasteiger partial charge in [0.1, 0.15) is 0 Å². The summed E-state index contributed by atoms with van der Waals surface area (Å²) < 4.78 is 0. The summed E-state index contributed by atoms with van der Waals surface area (Å²) in [5.41, 5.74) is 6.82. The molecule has 0 aliphatic heterocycles. The average Bonchev–Trinajstić information content (AvgIpc) is 3.13. The first-order chi connectivity index (χ1) is 14.7. The highest BCUT2D eigenvalue weighted by molar-refractivity contribution is 5.90. The van der Waals surface area contributed by atoms with E-state index >= 15 is 0 Å². The van der Waals surface area contributed by atoms with Gasteiger partial charge in [-0.05, 0) is 61.6 Å². The number of carbonyl (C=O) groups is 1. The Morgan fingerprint density at radius 2 is 1.83 bits per heavy atom. The Morgan fingerprint density at radius 1 is 1.00 bits per heavy atom. The Kier molecular flexibility index (Phi) is 6.23. The minimum absolute atomic E-state index is 0.112. The van der Waals surface area contributed by atoms with Crippen LogP contribution in [0.25, 0.3) is 22.3 Å². The molecule has 0 saturated carbocycles.